The van der Waals surface area contributed by atoms with Gasteiger partial charge in [0, 0.05) is 26.1 Å². The van der Waals surface area contributed by atoms with E-state index in [0.717, 1.165) is 25.9 Å². The molecule has 0 spiro atoms. The smallest absolute Gasteiger partial charge is 0.217 e. The number of hydrogen-bond acceptors (Lipinski definition) is 2. The second kappa shape index (κ2) is 6.20. The molecule has 3 nitrogen and oxygen atoms in total. The van der Waals surface area contributed by atoms with Gasteiger partial charge in [0.2, 0.25) is 5.91 Å². The lowest BCUT2D eigenvalue weighted by Crippen LogP contribution is -2.49. The highest BCUT2D eigenvalue weighted by Crippen LogP contribution is 2.20. The normalized spacial score (nSPS) is 24.2. The fourth-order valence-corrected chi connectivity index (χ4v) is 3.04. The van der Waals surface area contributed by atoms with E-state index in [1.54, 1.807) is 6.92 Å². The van der Waals surface area contributed by atoms with Crippen LogP contribution in [0.5, 0.6) is 0 Å². The fourth-order valence-electron chi connectivity index (χ4n) is 3.04. The Labute approximate surface area is 116 Å². The summed E-state index contributed by atoms with van der Waals surface area (Å²) in [6, 6.07) is 9.08. The van der Waals surface area contributed by atoms with Crippen LogP contribution in [0.15, 0.2) is 24.3 Å². The number of likely N-dealkylation sites (tertiary alicyclic amines) is 1. The van der Waals surface area contributed by atoms with Gasteiger partial charge in [0.05, 0.1) is 0 Å². The van der Waals surface area contributed by atoms with Crippen LogP contribution in [0.25, 0.3) is 0 Å². The third-order valence-electron chi connectivity index (χ3n) is 3.77. The number of aryl methyl sites for hydroxylation is 1. The molecule has 0 aliphatic carbocycles. The zero-order chi connectivity index (χ0) is 13.8. The second-order valence-electron chi connectivity index (χ2n) is 5.91. The SMILES string of the molecule is CC(=O)NC1CC(Cc2ccc(C)cc2)CN(C)C1. The third kappa shape index (κ3) is 4.35. The molecule has 1 amide bonds. The van der Waals surface area contributed by atoms with Crippen molar-refractivity contribution in [3.63, 3.8) is 0 Å². The number of likely N-dealkylation sites (N-methyl/N-ethyl adjacent to an activating group) is 1. The van der Waals surface area contributed by atoms with Crippen LogP contribution in [-0.2, 0) is 11.2 Å². The monoisotopic (exact) mass is 260 g/mol. The predicted octanol–water partition coefficient (Wildman–Crippen LogP) is 1.99. The first kappa shape index (κ1) is 14.1. The van der Waals surface area contributed by atoms with E-state index < -0.39 is 0 Å². The lowest BCUT2D eigenvalue weighted by atomic mass is 9.89. The summed E-state index contributed by atoms with van der Waals surface area (Å²) < 4.78 is 0. The van der Waals surface area contributed by atoms with Crippen molar-refractivity contribution in [2.75, 3.05) is 20.1 Å². The summed E-state index contributed by atoms with van der Waals surface area (Å²) in [6.45, 7) is 5.79. The molecule has 0 bridgehead atoms. The Morgan fingerprint density at radius 2 is 2.00 bits per heavy atom. The Morgan fingerprint density at radius 1 is 1.32 bits per heavy atom. The van der Waals surface area contributed by atoms with E-state index in [9.17, 15) is 4.79 Å². The van der Waals surface area contributed by atoms with Gasteiger partial charge >= 0.3 is 0 Å². The number of nitrogens with one attached hydrogen (secondary N) is 1. The molecule has 1 aromatic carbocycles. The van der Waals surface area contributed by atoms with Crippen LogP contribution >= 0.6 is 0 Å². The van der Waals surface area contributed by atoms with Gasteiger partial charge in [-0.3, -0.25) is 4.79 Å². The first-order valence-electron chi connectivity index (χ1n) is 7.04. The van der Waals surface area contributed by atoms with Crippen molar-refractivity contribution in [1.29, 1.82) is 0 Å². The average molecular weight is 260 g/mol. The molecule has 1 aliphatic rings. The molecule has 3 heteroatoms. The molecular formula is C16H24N2O. The van der Waals surface area contributed by atoms with E-state index in [4.69, 9.17) is 0 Å². The molecule has 2 rings (SSSR count). The number of amides is 1. The summed E-state index contributed by atoms with van der Waals surface area (Å²) in [5.74, 6) is 0.702. The average Bonchev–Trinajstić information content (AvgIpc) is 2.30. The molecule has 0 saturated carbocycles. The molecular weight excluding hydrogens is 236 g/mol. The van der Waals surface area contributed by atoms with Crippen LogP contribution in [0.3, 0.4) is 0 Å². The number of carbonyl (C=O) groups excluding carboxylic acids is 1. The van der Waals surface area contributed by atoms with E-state index in [1.165, 1.54) is 11.1 Å². The van der Waals surface area contributed by atoms with Gasteiger partial charge in [0.1, 0.15) is 0 Å². The summed E-state index contributed by atoms with van der Waals surface area (Å²) in [5.41, 5.74) is 2.70. The molecule has 19 heavy (non-hydrogen) atoms. The van der Waals surface area contributed by atoms with Crippen molar-refractivity contribution in [3.8, 4) is 0 Å². The van der Waals surface area contributed by atoms with Gasteiger partial charge in [-0.15, -0.1) is 0 Å². The predicted molar refractivity (Wildman–Crippen MR) is 78.1 cm³/mol. The topological polar surface area (TPSA) is 32.3 Å². The van der Waals surface area contributed by atoms with E-state index in [2.05, 4.69) is 48.5 Å². The molecule has 2 unspecified atom stereocenters. The highest BCUT2D eigenvalue weighted by atomic mass is 16.1. The number of hydrogen-bond donors (Lipinski definition) is 1. The first-order chi connectivity index (χ1) is 9.02. The quantitative estimate of drug-likeness (QED) is 0.901. The summed E-state index contributed by atoms with van der Waals surface area (Å²) in [4.78, 5) is 13.5. The maximum atomic E-state index is 11.2. The molecule has 0 radical (unpaired) electrons. The second-order valence-corrected chi connectivity index (χ2v) is 5.91. The van der Waals surface area contributed by atoms with Crippen LogP contribution in [0, 0.1) is 12.8 Å². The number of piperidine rings is 1. The lowest BCUT2D eigenvalue weighted by Gasteiger charge is -2.36. The molecule has 1 aliphatic heterocycles. The molecule has 104 valence electrons. The van der Waals surface area contributed by atoms with Crippen LogP contribution in [0.4, 0.5) is 0 Å². The highest BCUT2D eigenvalue weighted by Gasteiger charge is 2.25. The van der Waals surface area contributed by atoms with E-state index in [1.807, 2.05) is 0 Å². The van der Waals surface area contributed by atoms with Crippen molar-refractivity contribution >= 4 is 5.91 Å². The molecule has 1 heterocycles. The standard InChI is InChI=1S/C16H24N2O/c1-12-4-6-14(7-5-12)8-15-9-16(17-13(2)19)11-18(3)10-15/h4-7,15-16H,8-11H2,1-3H3,(H,17,19). The fraction of sp³-hybridized carbons (Fsp3) is 0.562. The maximum absolute atomic E-state index is 11.2. The summed E-state index contributed by atoms with van der Waals surface area (Å²) in [7, 11) is 2.14. The summed E-state index contributed by atoms with van der Waals surface area (Å²) in [5, 5.41) is 3.06. The van der Waals surface area contributed by atoms with Gasteiger partial charge < -0.3 is 10.2 Å². The summed E-state index contributed by atoms with van der Waals surface area (Å²) >= 11 is 0. The largest absolute Gasteiger partial charge is 0.352 e. The van der Waals surface area contributed by atoms with Gasteiger partial charge in [0.25, 0.3) is 0 Å². The molecule has 2 atom stereocenters. The molecule has 1 saturated heterocycles. The Hall–Kier alpha value is -1.35. The number of benzene rings is 1. The Bertz CT molecular complexity index is 427. The van der Waals surface area contributed by atoms with Crippen molar-refractivity contribution in [2.45, 2.75) is 32.7 Å². The number of nitrogens with zero attached hydrogens (tertiary/aromatic N) is 1. The first-order valence-corrected chi connectivity index (χ1v) is 7.04. The van der Waals surface area contributed by atoms with Gasteiger partial charge in [-0.2, -0.15) is 0 Å². The summed E-state index contributed by atoms with van der Waals surface area (Å²) in [6.07, 6.45) is 2.18. The molecule has 1 N–H and O–H groups in total. The van der Waals surface area contributed by atoms with Crippen LogP contribution in [0.2, 0.25) is 0 Å². The van der Waals surface area contributed by atoms with Crippen LogP contribution < -0.4 is 5.32 Å². The van der Waals surface area contributed by atoms with Gasteiger partial charge in [0.15, 0.2) is 0 Å². The van der Waals surface area contributed by atoms with E-state index in [0.29, 0.717) is 12.0 Å². The van der Waals surface area contributed by atoms with Crippen molar-refractivity contribution in [1.82, 2.24) is 10.2 Å². The van der Waals surface area contributed by atoms with Crippen LogP contribution in [-0.4, -0.2) is 37.0 Å². The van der Waals surface area contributed by atoms with Gasteiger partial charge in [-0.05, 0) is 38.3 Å². The lowest BCUT2D eigenvalue weighted by molar-refractivity contribution is -0.120. The van der Waals surface area contributed by atoms with Gasteiger partial charge in [-0.1, -0.05) is 29.8 Å². The van der Waals surface area contributed by atoms with Crippen LogP contribution in [0.1, 0.15) is 24.5 Å². The Kier molecular flexibility index (Phi) is 4.59. The Morgan fingerprint density at radius 3 is 2.63 bits per heavy atom. The zero-order valence-electron chi connectivity index (χ0n) is 12.1. The van der Waals surface area contributed by atoms with Gasteiger partial charge in [-0.25, -0.2) is 0 Å². The number of carbonyl (C=O) groups is 1. The number of rotatable bonds is 3. The minimum Gasteiger partial charge on any atom is -0.352 e. The maximum Gasteiger partial charge on any atom is 0.217 e. The minimum absolute atomic E-state index is 0.0781. The molecule has 1 aromatic rings. The minimum atomic E-state index is 0.0781. The van der Waals surface area contributed by atoms with E-state index in [-0.39, 0.29) is 5.91 Å². The highest BCUT2D eigenvalue weighted by molar-refractivity contribution is 5.73. The molecule has 0 aromatic heterocycles. The van der Waals surface area contributed by atoms with Crippen molar-refractivity contribution in [2.24, 2.45) is 5.92 Å². The van der Waals surface area contributed by atoms with Crippen molar-refractivity contribution in [3.05, 3.63) is 35.4 Å². The van der Waals surface area contributed by atoms with Crippen molar-refractivity contribution < 1.29 is 4.79 Å². The third-order valence-corrected chi connectivity index (χ3v) is 3.77. The van der Waals surface area contributed by atoms with E-state index >= 15 is 0 Å². The zero-order valence-corrected chi connectivity index (χ0v) is 12.1. The molecule has 1 fully saturated rings. The Balaban J connectivity index is 1.95.